The highest BCUT2D eigenvalue weighted by atomic mass is 16.3. The molecule has 1 atom stereocenters. The number of likely N-dealkylation sites (N-methyl/N-ethyl adjacent to an activating group) is 1. The Labute approximate surface area is 152 Å². The van der Waals surface area contributed by atoms with Gasteiger partial charge in [0.1, 0.15) is 5.75 Å². The first kappa shape index (κ1) is 16.8. The lowest BCUT2D eigenvalue weighted by Gasteiger charge is -2.30. The van der Waals surface area contributed by atoms with Crippen molar-refractivity contribution in [2.75, 3.05) is 25.5 Å². The van der Waals surface area contributed by atoms with Gasteiger partial charge < -0.3 is 15.3 Å². The van der Waals surface area contributed by atoms with Crippen LogP contribution in [0.4, 0.5) is 5.82 Å². The molecule has 26 heavy (non-hydrogen) atoms. The third kappa shape index (κ3) is 3.10. The normalized spacial score (nSPS) is 18.3. The highest BCUT2D eigenvalue weighted by molar-refractivity contribution is 5.71. The molecule has 4 rings (SSSR count). The number of likely N-dealkylation sites (tertiary alicyclic amines) is 1. The lowest BCUT2D eigenvalue weighted by molar-refractivity contribution is 0.260. The Bertz CT molecular complexity index is 951. The zero-order valence-electron chi connectivity index (χ0n) is 15.4. The maximum Gasteiger partial charge on any atom is 0.192 e. The summed E-state index contributed by atoms with van der Waals surface area (Å²) in [6, 6.07) is 5.89. The summed E-state index contributed by atoms with van der Waals surface area (Å²) in [6.45, 7) is 6.01. The Morgan fingerprint density at radius 2 is 2.08 bits per heavy atom. The van der Waals surface area contributed by atoms with Crippen molar-refractivity contribution >= 4 is 11.5 Å². The molecule has 1 saturated heterocycles. The summed E-state index contributed by atoms with van der Waals surface area (Å²) in [6.07, 6.45) is 4.20. The van der Waals surface area contributed by atoms with Crippen LogP contribution in [0.5, 0.6) is 5.75 Å². The second kappa shape index (κ2) is 6.57. The second-order valence-electron chi connectivity index (χ2n) is 7.21. The number of piperidine rings is 1. The van der Waals surface area contributed by atoms with Crippen molar-refractivity contribution in [3.05, 3.63) is 35.7 Å². The third-order valence-electron chi connectivity index (χ3n) is 4.87. The average Bonchev–Trinajstić information content (AvgIpc) is 2.98. The van der Waals surface area contributed by atoms with Gasteiger partial charge in [-0.2, -0.15) is 0 Å². The Kier molecular flexibility index (Phi) is 4.24. The monoisotopic (exact) mass is 352 g/mol. The molecule has 2 N–H and O–H groups in total. The van der Waals surface area contributed by atoms with E-state index in [1.807, 2.05) is 36.6 Å². The number of aromatic nitrogens is 4. The van der Waals surface area contributed by atoms with Gasteiger partial charge in [-0.25, -0.2) is 4.98 Å². The van der Waals surface area contributed by atoms with Crippen LogP contribution >= 0.6 is 0 Å². The van der Waals surface area contributed by atoms with Crippen molar-refractivity contribution in [2.45, 2.75) is 32.7 Å². The van der Waals surface area contributed by atoms with Gasteiger partial charge in [0, 0.05) is 18.8 Å². The third-order valence-corrected chi connectivity index (χ3v) is 4.87. The van der Waals surface area contributed by atoms with Crippen LogP contribution in [0.3, 0.4) is 0 Å². The van der Waals surface area contributed by atoms with E-state index in [9.17, 15) is 5.11 Å². The first-order chi connectivity index (χ1) is 12.5. The Morgan fingerprint density at radius 3 is 2.85 bits per heavy atom. The molecule has 1 aliphatic rings. The van der Waals surface area contributed by atoms with Crippen LogP contribution in [0.15, 0.2) is 24.4 Å². The molecule has 0 aliphatic carbocycles. The zero-order chi connectivity index (χ0) is 18.3. The van der Waals surface area contributed by atoms with Crippen LogP contribution in [-0.2, 0) is 0 Å². The summed E-state index contributed by atoms with van der Waals surface area (Å²) >= 11 is 0. The van der Waals surface area contributed by atoms with Crippen LogP contribution < -0.4 is 5.32 Å². The number of phenolic OH excluding ortho intramolecular Hbond substituents is 1. The molecule has 0 unspecified atom stereocenters. The molecule has 1 fully saturated rings. The highest BCUT2D eigenvalue weighted by Crippen LogP contribution is 2.30. The number of nitrogens with zero attached hydrogens (tertiary/aromatic N) is 5. The van der Waals surface area contributed by atoms with Crippen LogP contribution in [-0.4, -0.2) is 55.8 Å². The van der Waals surface area contributed by atoms with E-state index < -0.39 is 0 Å². The lowest BCUT2D eigenvalue weighted by Crippen LogP contribution is -2.40. The van der Waals surface area contributed by atoms with Gasteiger partial charge in [0.15, 0.2) is 17.3 Å². The summed E-state index contributed by atoms with van der Waals surface area (Å²) in [4.78, 5) is 6.95. The van der Waals surface area contributed by atoms with Crippen LogP contribution in [0.25, 0.3) is 17.0 Å². The predicted molar refractivity (Wildman–Crippen MR) is 101 cm³/mol. The summed E-state index contributed by atoms with van der Waals surface area (Å²) in [5, 5.41) is 22.7. The molecule has 0 saturated carbocycles. The minimum atomic E-state index is 0.196. The smallest absolute Gasteiger partial charge is 0.192 e. The highest BCUT2D eigenvalue weighted by Gasteiger charge is 2.21. The Balaban J connectivity index is 1.76. The number of benzene rings is 1. The van der Waals surface area contributed by atoms with Gasteiger partial charge in [0.05, 0.1) is 11.3 Å². The largest absolute Gasteiger partial charge is 0.507 e. The molecule has 7 heteroatoms. The molecule has 1 aliphatic heterocycles. The van der Waals surface area contributed by atoms with Gasteiger partial charge in [-0.3, -0.25) is 4.40 Å². The van der Waals surface area contributed by atoms with E-state index in [2.05, 4.69) is 32.4 Å². The molecule has 0 spiro atoms. The van der Waals surface area contributed by atoms with Crippen molar-refractivity contribution < 1.29 is 5.11 Å². The fourth-order valence-electron chi connectivity index (χ4n) is 3.60. The molecule has 2 aromatic heterocycles. The molecule has 0 bridgehead atoms. The number of aromatic hydroxyl groups is 1. The number of rotatable bonds is 3. The fourth-order valence-corrected chi connectivity index (χ4v) is 3.60. The topological polar surface area (TPSA) is 78.6 Å². The molecule has 3 heterocycles. The SMILES string of the molecule is Cc1ccc(-c2nnc(N[C@@H]3CCCN(C)C3)c3nc(C)cn23)c(O)c1. The lowest BCUT2D eigenvalue weighted by atomic mass is 10.1. The van der Waals surface area contributed by atoms with Gasteiger partial charge in [-0.1, -0.05) is 6.07 Å². The van der Waals surface area contributed by atoms with Crippen molar-refractivity contribution in [1.29, 1.82) is 0 Å². The number of hydrogen-bond donors (Lipinski definition) is 2. The number of nitrogens with one attached hydrogen (secondary N) is 1. The van der Waals surface area contributed by atoms with Crippen molar-refractivity contribution in [3.8, 4) is 17.1 Å². The van der Waals surface area contributed by atoms with E-state index in [0.29, 0.717) is 23.2 Å². The minimum Gasteiger partial charge on any atom is -0.507 e. The molecular weight excluding hydrogens is 328 g/mol. The number of fused-ring (bicyclic) bond motifs is 1. The molecule has 0 radical (unpaired) electrons. The van der Waals surface area contributed by atoms with Crippen molar-refractivity contribution in [2.24, 2.45) is 0 Å². The van der Waals surface area contributed by atoms with E-state index in [1.165, 1.54) is 6.42 Å². The van der Waals surface area contributed by atoms with E-state index in [4.69, 9.17) is 0 Å². The maximum atomic E-state index is 10.3. The van der Waals surface area contributed by atoms with E-state index >= 15 is 0 Å². The number of anilines is 1. The van der Waals surface area contributed by atoms with Crippen molar-refractivity contribution in [3.63, 3.8) is 0 Å². The molecule has 7 nitrogen and oxygen atoms in total. The molecule has 3 aromatic rings. The van der Waals surface area contributed by atoms with Gasteiger partial charge >= 0.3 is 0 Å². The zero-order valence-corrected chi connectivity index (χ0v) is 15.4. The van der Waals surface area contributed by atoms with Crippen molar-refractivity contribution in [1.82, 2.24) is 24.5 Å². The Hall–Kier alpha value is -2.67. The number of hydrogen-bond acceptors (Lipinski definition) is 6. The summed E-state index contributed by atoms with van der Waals surface area (Å²) < 4.78 is 1.90. The maximum absolute atomic E-state index is 10.3. The van der Waals surface area contributed by atoms with Gasteiger partial charge in [-0.05, 0) is 58.0 Å². The molecule has 0 amide bonds. The van der Waals surface area contributed by atoms with Gasteiger partial charge in [0.25, 0.3) is 0 Å². The van der Waals surface area contributed by atoms with E-state index in [0.717, 1.165) is 36.4 Å². The fraction of sp³-hybridized carbons (Fsp3) is 0.421. The Morgan fingerprint density at radius 1 is 1.23 bits per heavy atom. The summed E-state index contributed by atoms with van der Waals surface area (Å²) in [7, 11) is 2.14. The number of aryl methyl sites for hydroxylation is 2. The number of phenols is 1. The summed E-state index contributed by atoms with van der Waals surface area (Å²) in [5.74, 6) is 1.47. The molecular formula is C19H24N6O. The van der Waals surface area contributed by atoms with Gasteiger partial charge in [0.2, 0.25) is 0 Å². The van der Waals surface area contributed by atoms with Gasteiger partial charge in [-0.15, -0.1) is 10.2 Å². The molecule has 136 valence electrons. The van der Waals surface area contributed by atoms with Crippen LogP contribution in [0, 0.1) is 13.8 Å². The minimum absolute atomic E-state index is 0.196. The molecule has 1 aromatic carbocycles. The van der Waals surface area contributed by atoms with E-state index in [-0.39, 0.29) is 5.75 Å². The quantitative estimate of drug-likeness (QED) is 0.754. The van der Waals surface area contributed by atoms with Crippen LogP contribution in [0.1, 0.15) is 24.1 Å². The standard InChI is InChI=1S/C19H24N6O/c1-12-6-7-15(16(26)9-12)18-23-22-17(19-20-13(2)10-25(18)19)21-14-5-4-8-24(3)11-14/h6-7,9-10,14,26H,4-5,8,11H2,1-3H3,(H,21,22)/t14-/m1/s1. The second-order valence-corrected chi connectivity index (χ2v) is 7.21. The number of imidazole rings is 1. The van der Waals surface area contributed by atoms with E-state index in [1.54, 1.807) is 6.07 Å². The average molecular weight is 352 g/mol. The van der Waals surface area contributed by atoms with Crippen LogP contribution in [0.2, 0.25) is 0 Å². The predicted octanol–water partition coefficient (Wildman–Crippen LogP) is 2.62. The summed E-state index contributed by atoms with van der Waals surface area (Å²) in [5.41, 5.74) is 3.27. The first-order valence-corrected chi connectivity index (χ1v) is 8.98. The first-order valence-electron chi connectivity index (χ1n) is 8.98.